The highest BCUT2D eigenvalue weighted by atomic mass is 16.5. The lowest BCUT2D eigenvalue weighted by Gasteiger charge is -2.11. The van der Waals surface area contributed by atoms with E-state index >= 15 is 0 Å². The van der Waals surface area contributed by atoms with Crippen LogP contribution in [0.15, 0.2) is 18.2 Å². The fourth-order valence-electron chi connectivity index (χ4n) is 2.22. The Morgan fingerprint density at radius 1 is 1.40 bits per heavy atom. The predicted molar refractivity (Wildman–Crippen MR) is 59.3 cm³/mol. The van der Waals surface area contributed by atoms with Gasteiger partial charge in [0.2, 0.25) is 0 Å². The van der Waals surface area contributed by atoms with Gasteiger partial charge in [-0.15, -0.1) is 0 Å². The van der Waals surface area contributed by atoms with E-state index in [4.69, 9.17) is 4.74 Å². The summed E-state index contributed by atoms with van der Waals surface area (Å²) < 4.78 is 5.27. The maximum absolute atomic E-state index is 11.6. The molecular formula is C13H16O2. The van der Waals surface area contributed by atoms with E-state index in [1.165, 1.54) is 0 Å². The van der Waals surface area contributed by atoms with Gasteiger partial charge in [0, 0.05) is 12.3 Å². The van der Waals surface area contributed by atoms with E-state index in [-0.39, 0.29) is 5.92 Å². The summed E-state index contributed by atoms with van der Waals surface area (Å²) in [5, 5.41) is 0. The minimum Gasteiger partial charge on any atom is -0.496 e. The Balaban J connectivity index is 2.32. The number of carbonyl (C=O) groups is 1. The lowest BCUT2D eigenvalue weighted by Crippen LogP contribution is -2.04. The van der Waals surface area contributed by atoms with Crippen molar-refractivity contribution in [2.24, 2.45) is 0 Å². The SMILES string of the molecule is COc1cc(C2CCCC2=O)ccc1C. The molecule has 1 aliphatic carbocycles. The van der Waals surface area contributed by atoms with E-state index < -0.39 is 0 Å². The molecule has 0 N–H and O–H groups in total. The van der Waals surface area contributed by atoms with E-state index in [0.29, 0.717) is 5.78 Å². The second-order valence-electron chi connectivity index (χ2n) is 4.14. The summed E-state index contributed by atoms with van der Waals surface area (Å²) in [4.78, 5) is 11.6. The number of ketones is 1. The van der Waals surface area contributed by atoms with Gasteiger partial charge in [0.05, 0.1) is 7.11 Å². The Morgan fingerprint density at radius 3 is 2.80 bits per heavy atom. The first kappa shape index (κ1) is 10.2. The van der Waals surface area contributed by atoms with Gasteiger partial charge >= 0.3 is 0 Å². The van der Waals surface area contributed by atoms with Crippen LogP contribution < -0.4 is 4.74 Å². The van der Waals surface area contributed by atoms with Gasteiger partial charge in [-0.25, -0.2) is 0 Å². The van der Waals surface area contributed by atoms with Crippen molar-refractivity contribution < 1.29 is 9.53 Å². The molecule has 2 heteroatoms. The number of aryl methyl sites for hydroxylation is 1. The summed E-state index contributed by atoms with van der Waals surface area (Å²) in [6.45, 7) is 2.01. The van der Waals surface area contributed by atoms with E-state index in [1.54, 1.807) is 7.11 Å². The van der Waals surface area contributed by atoms with Crippen molar-refractivity contribution in [3.05, 3.63) is 29.3 Å². The van der Waals surface area contributed by atoms with Crippen LogP contribution in [-0.2, 0) is 4.79 Å². The highest BCUT2D eigenvalue weighted by Gasteiger charge is 2.26. The van der Waals surface area contributed by atoms with Crippen LogP contribution in [-0.4, -0.2) is 12.9 Å². The molecule has 0 saturated heterocycles. The van der Waals surface area contributed by atoms with Crippen molar-refractivity contribution in [2.75, 3.05) is 7.11 Å². The monoisotopic (exact) mass is 204 g/mol. The standard InChI is InChI=1S/C13H16O2/c1-9-6-7-10(8-13(9)15-2)11-4-3-5-12(11)14/h6-8,11H,3-5H2,1-2H3. The molecule has 1 fully saturated rings. The molecule has 1 atom stereocenters. The minimum atomic E-state index is 0.111. The van der Waals surface area contributed by atoms with Gasteiger partial charge in [0.15, 0.2) is 0 Å². The third-order valence-electron chi connectivity index (χ3n) is 3.14. The van der Waals surface area contributed by atoms with Gasteiger partial charge in [-0.3, -0.25) is 4.79 Å². The maximum Gasteiger partial charge on any atom is 0.140 e. The molecule has 0 spiro atoms. The van der Waals surface area contributed by atoms with E-state index in [0.717, 1.165) is 36.1 Å². The predicted octanol–water partition coefficient (Wildman–Crippen LogP) is 2.84. The average molecular weight is 204 g/mol. The maximum atomic E-state index is 11.6. The van der Waals surface area contributed by atoms with Crippen molar-refractivity contribution in [3.8, 4) is 5.75 Å². The molecule has 15 heavy (non-hydrogen) atoms. The van der Waals surface area contributed by atoms with Gasteiger partial charge in [0.1, 0.15) is 11.5 Å². The van der Waals surface area contributed by atoms with Gasteiger partial charge in [-0.05, 0) is 37.0 Å². The molecule has 1 aromatic carbocycles. The van der Waals surface area contributed by atoms with Gasteiger partial charge in [-0.1, -0.05) is 12.1 Å². The molecule has 0 heterocycles. The third-order valence-corrected chi connectivity index (χ3v) is 3.14. The molecule has 80 valence electrons. The van der Waals surface area contributed by atoms with Crippen LogP contribution in [0.5, 0.6) is 5.75 Å². The lowest BCUT2D eigenvalue weighted by atomic mass is 9.95. The summed E-state index contributed by atoms with van der Waals surface area (Å²) in [6.07, 6.45) is 2.76. The lowest BCUT2D eigenvalue weighted by molar-refractivity contribution is -0.118. The van der Waals surface area contributed by atoms with E-state index in [2.05, 4.69) is 0 Å². The van der Waals surface area contributed by atoms with E-state index in [1.807, 2.05) is 25.1 Å². The van der Waals surface area contributed by atoms with Gasteiger partial charge in [0.25, 0.3) is 0 Å². The highest BCUT2D eigenvalue weighted by molar-refractivity contribution is 5.87. The summed E-state index contributed by atoms with van der Waals surface area (Å²) in [7, 11) is 1.67. The zero-order chi connectivity index (χ0) is 10.8. The molecule has 0 aromatic heterocycles. The van der Waals surface area contributed by atoms with Crippen molar-refractivity contribution in [3.63, 3.8) is 0 Å². The van der Waals surface area contributed by atoms with Gasteiger partial charge < -0.3 is 4.74 Å². The summed E-state index contributed by atoms with van der Waals surface area (Å²) >= 11 is 0. The van der Waals surface area contributed by atoms with Crippen LogP contribution in [0.2, 0.25) is 0 Å². The smallest absolute Gasteiger partial charge is 0.140 e. The van der Waals surface area contributed by atoms with Crippen LogP contribution in [0.1, 0.15) is 36.3 Å². The number of ether oxygens (including phenoxy) is 1. The molecule has 2 rings (SSSR count). The molecule has 1 aromatic rings. The molecule has 0 bridgehead atoms. The largest absolute Gasteiger partial charge is 0.496 e. The number of rotatable bonds is 2. The highest BCUT2D eigenvalue weighted by Crippen LogP contribution is 2.33. The van der Waals surface area contributed by atoms with Crippen LogP contribution in [0.4, 0.5) is 0 Å². The first-order valence-electron chi connectivity index (χ1n) is 5.39. The molecular weight excluding hydrogens is 188 g/mol. The molecule has 0 aliphatic heterocycles. The second-order valence-corrected chi connectivity index (χ2v) is 4.14. The Labute approximate surface area is 90.3 Å². The van der Waals surface area contributed by atoms with Crippen molar-refractivity contribution in [1.29, 1.82) is 0 Å². The normalized spacial score (nSPS) is 20.7. The van der Waals surface area contributed by atoms with Crippen LogP contribution in [0.25, 0.3) is 0 Å². The molecule has 1 unspecified atom stereocenters. The molecule has 0 amide bonds. The van der Waals surface area contributed by atoms with Crippen LogP contribution in [0, 0.1) is 6.92 Å². The summed E-state index contributed by atoms with van der Waals surface area (Å²) in [5.74, 6) is 1.37. The van der Waals surface area contributed by atoms with Crippen molar-refractivity contribution in [1.82, 2.24) is 0 Å². The first-order valence-corrected chi connectivity index (χ1v) is 5.39. The number of hydrogen-bond acceptors (Lipinski definition) is 2. The van der Waals surface area contributed by atoms with Gasteiger partial charge in [-0.2, -0.15) is 0 Å². The number of benzene rings is 1. The van der Waals surface area contributed by atoms with Crippen LogP contribution in [0.3, 0.4) is 0 Å². The average Bonchev–Trinajstić information content (AvgIpc) is 2.65. The number of methoxy groups -OCH3 is 1. The Morgan fingerprint density at radius 2 is 2.20 bits per heavy atom. The zero-order valence-corrected chi connectivity index (χ0v) is 9.25. The molecule has 2 nitrogen and oxygen atoms in total. The summed E-state index contributed by atoms with van der Waals surface area (Å²) in [5.41, 5.74) is 2.23. The number of Topliss-reactive ketones (excluding diaryl/α,β-unsaturated/α-hetero) is 1. The Hall–Kier alpha value is -1.31. The molecule has 0 radical (unpaired) electrons. The van der Waals surface area contributed by atoms with E-state index in [9.17, 15) is 4.79 Å². The van der Waals surface area contributed by atoms with Crippen molar-refractivity contribution >= 4 is 5.78 Å². The fraction of sp³-hybridized carbons (Fsp3) is 0.462. The van der Waals surface area contributed by atoms with Crippen molar-refractivity contribution in [2.45, 2.75) is 32.1 Å². The second kappa shape index (κ2) is 4.05. The first-order chi connectivity index (χ1) is 7.22. The summed E-state index contributed by atoms with van der Waals surface area (Å²) in [6, 6.07) is 6.08. The van der Waals surface area contributed by atoms with Crippen LogP contribution >= 0.6 is 0 Å². The third kappa shape index (κ3) is 1.89. The number of hydrogen-bond donors (Lipinski definition) is 0. The Bertz CT molecular complexity index is 382. The quantitative estimate of drug-likeness (QED) is 0.740. The Kier molecular flexibility index (Phi) is 2.76. The minimum absolute atomic E-state index is 0.111. The topological polar surface area (TPSA) is 26.3 Å². The molecule has 1 aliphatic rings. The number of carbonyl (C=O) groups excluding carboxylic acids is 1. The molecule has 1 saturated carbocycles. The fourth-order valence-corrected chi connectivity index (χ4v) is 2.22. The zero-order valence-electron chi connectivity index (χ0n) is 9.25.